The SMILES string of the molecule is C[C@H](NC(=O)C1=NN([C@H]2CCS(=O)(=O)C2)C(=O)CC1)[C@H]1CCCO1. The van der Waals surface area contributed by atoms with E-state index in [2.05, 4.69) is 10.4 Å². The third-order valence-electron chi connectivity index (χ3n) is 4.76. The summed E-state index contributed by atoms with van der Waals surface area (Å²) in [5, 5.41) is 8.26. The predicted molar refractivity (Wildman–Crippen MR) is 87.2 cm³/mol. The molecule has 0 aromatic heterocycles. The van der Waals surface area contributed by atoms with Crippen molar-refractivity contribution in [2.45, 2.75) is 57.2 Å². The van der Waals surface area contributed by atoms with Crippen molar-refractivity contribution < 1.29 is 22.7 Å². The van der Waals surface area contributed by atoms with E-state index in [0.29, 0.717) is 13.0 Å². The van der Waals surface area contributed by atoms with Crippen LogP contribution in [0.4, 0.5) is 0 Å². The van der Waals surface area contributed by atoms with Gasteiger partial charge in [0.25, 0.3) is 5.91 Å². The van der Waals surface area contributed by atoms with Crippen LogP contribution in [0.25, 0.3) is 0 Å². The van der Waals surface area contributed by atoms with Crippen molar-refractivity contribution in [2.24, 2.45) is 5.10 Å². The zero-order chi connectivity index (χ0) is 17.3. The van der Waals surface area contributed by atoms with E-state index in [1.54, 1.807) is 0 Å². The number of ether oxygens (including phenoxy) is 1. The van der Waals surface area contributed by atoms with Gasteiger partial charge in [0.2, 0.25) is 5.91 Å². The van der Waals surface area contributed by atoms with E-state index in [0.717, 1.165) is 12.8 Å². The Morgan fingerprint density at radius 3 is 2.79 bits per heavy atom. The second-order valence-corrected chi connectivity index (χ2v) is 8.88. The number of rotatable bonds is 4. The zero-order valence-electron chi connectivity index (χ0n) is 13.7. The number of hydrazone groups is 1. The van der Waals surface area contributed by atoms with Crippen molar-refractivity contribution in [2.75, 3.05) is 18.1 Å². The highest BCUT2D eigenvalue weighted by atomic mass is 32.2. The molecule has 0 radical (unpaired) electrons. The van der Waals surface area contributed by atoms with Crippen LogP contribution in [0.1, 0.15) is 39.0 Å². The van der Waals surface area contributed by atoms with Crippen LogP contribution in [0.3, 0.4) is 0 Å². The highest BCUT2D eigenvalue weighted by molar-refractivity contribution is 7.91. The fourth-order valence-electron chi connectivity index (χ4n) is 3.37. The Balaban J connectivity index is 1.67. The smallest absolute Gasteiger partial charge is 0.267 e. The summed E-state index contributed by atoms with van der Waals surface area (Å²) in [6.07, 6.45) is 2.74. The lowest BCUT2D eigenvalue weighted by atomic mass is 10.1. The van der Waals surface area contributed by atoms with Crippen LogP contribution in [0.15, 0.2) is 5.10 Å². The van der Waals surface area contributed by atoms with Gasteiger partial charge in [0, 0.05) is 19.4 Å². The zero-order valence-corrected chi connectivity index (χ0v) is 14.5. The second kappa shape index (κ2) is 6.79. The molecule has 0 bridgehead atoms. The summed E-state index contributed by atoms with van der Waals surface area (Å²) in [6, 6.07) is -0.582. The molecule has 2 fully saturated rings. The minimum Gasteiger partial charge on any atom is -0.376 e. The van der Waals surface area contributed by atoms with Crippen molar-refractivity contribution >= 4 is 27.4 Å². The number of amides is 2. The third-order valence-corrected chi connectivity index (χ3v) is 6.51. The second-order valence-electron chi connectivity index (χ2n) is 6.66. The molecule has 0 aliphatic carbocycles. The molecule has 0 saturated carbocycles. The molecule has 24 heavy (non-hydrogen) atoms. The van der Waals surface area contributed by atoms with Gasteiger partial charge in [-0.3, -0.25) is 9.59 Å². The Morgan fingerprint density at radius 1 is 1.38 bits per heavy atom. The summed E-state index contributed by atoms with van der Waals surface area (Å²) in [6.45, 7) is 2.61. The van der Waals surface area contributed by atoms with Crippen LogP contribution in [0, 0.1) is 0 Å². The summed E-state index contributed by atoms with van der Waals surface area (Å²) >= 11 is 0. The predicted octanol–water partition coefficient (Wildman–Crippen LogP) is -0.164. The molecule has 1 N–H and O–H groups in total. The van der Waals surface area contributed by atoms with Gasteiger partial charge in [0.15, 0.2) is 9.84 Å². The number of carbonyl (C=O) groups is 2. The molecule has 2 saturated heterocycles. The van der Waals surface area contributed by atoms with E-state index >= 15 is 0 Å². The normalized spacial score (nSPS) is 31.0. The van der Waals surface area contributed by atoms with Gasteiger partial charge in [0.1, 0.15) is 5.71 Å². The topological polar surface area (TPSA) is 105 Å². The quantitative estimate of drug-likeness (QED) is 0.752. The van der Waals surface area contributed by atoms with Gasteiger partial charge in [-0.15, -0.1) is 0 Å². The van der Waals surface area contributed by atoms with Gasteiger partial charge in [0.05, 0.1) is 29.7 Å². The molecule has 2 amide bonds. The van der Waals surface area contributed by atoms with Crippen LogP contribution in [-0.4, -0.2) is 67.3 Å². The number of hydrogen-bond acceptors (Lipinski definition) is 6. The average Bonchev–Trinajstić information content (AvgIpc) is 3.17. The Hall–Kier alpha value is -1.48. The molecule has 3 atom stereocenters. The van der Waals surface area contributed by atoms with Crippen molar-refractivity contribution in [3.8, 4) is 0 Å². The van der Waals surface area contributed by atoms with E-state index < -0.39 is 15.9 Å². The van der Waals surface area contributed by atoms with Gasteiger partial charge in [-0.05, 0) is 26.2 Å². The maximum Gasteiger partial charge on any atom is 0.267 e. The van der Waals surface area contributed by atoms with Crippen LogP contribution in [-0.2, 0) is 24.2 Å². The van der Waals surface area contributed by atoms with E-state index in [4.69, 9.17) is 4.74 Å². The van der Waals surface area contributed by atoms with Crippen LogP contribution >= 0.6 is 0 Å². The molecule has 134 valence electrons. The summed E-state index contributed by atoms with van der Waals surface area (Å²) in [4.78, 5) is 24.5. The lowest BCUT2D eigenvalue weighted by Gasteiger charge is -2.28. The molecule has 3 aliphatic rings. The third kappa shape index (κ3) is 3.77. The summed E-state index contributed by atoms with van der Waals surface area (Å²) in [5.74, 6) is -0.546. The van der Waals surface area contributed by atoms with Crippen molar-refractivity contribution in [1.82, 2.24) is 10.3 Å². The Labute approximate surface area is 141 Å². The first-order chi connectivity index (χ1) is 11.4. The number of carbonyl (C=O) groups excluding carboxylic acids is 2. The molecule has 0 aromatic carbocycles. The minimum absolute atomic E-state index is 0.0100. The standard InChI is InChI=1S/C15H23N3O5S/c1-10(13-3-2-7-23-13)16-15(20)12-4-5-14(19)18(17-12)11-6-8-24(21,22)9-11/h10-11,13H,2-9H2,1H3,(H,16,20)/t10-,11-,13+/m0/s1. The maximum absolute atomic E-state index is 12.4. The van der Waals surface area contributed by atoms with Gasteiger partial charge in [-0.2, -0.15) is 5.10 Å². The monoisotopic (exact) mass is 357 g/mol. The molecular formula is C15H23N3O5S. The lowest BCUT2D eigenvalue weighted by Crippen LogP contribution is -2.47. The molecule has 3 rings (SSSR count). The molecule has 9 heteroatoms. The molecule has 0 unspecified atom stereocenters. The lowest BCUT2D eigenvalue weighted by molar-refractivity contribution is -0.133. The largest absolute Gasteiger partial charge is 0.376 e. The van der Waals surface area contributed by atoms with Crippen molar-refractivity contribution in [3.05, 3.63) is 0 Å². The first kappa shape index (κ1) is 17.3. The van der Waals surface area contributed by atoms with E-state index in [1.807, 2.05) is 6.92 Å². The summed E-state index contributed by atoms with van der Waals surface area (Å²) in [7, 11) is -3.12. The Bertz CT molecular complexity index is 654. The first-order valence-electron chi connectivity index (χ1n) is 8.38. The molecule has 3 aliphatic heterocycles. The van der Waals surface area contributed by atoms with Crippen LogP contribution in [0.2, 0.25) is 0 Å². The van der Waals surface area contributed by atoms with Gasteiger partial charge >= 0.3 is 0 Å². The highest BCUT2D eigenvalue weighted by Crippen LogP contribution is 2.22. The number of nitrogens with zero attached hydrogens (tertiary/aromatic N) is 2. The van der Waals surface area contributed by atoms with Gasteiger partial charge < -0.3 is 10.1 Å². The van der Waals surface area contributed by atoms with Crippen molar-refractivity contribution in [1.29, 1.82) is 0 Å². The Morgan fingerprint density at radius 2 is 2.17 bits per heavy atom. The van der Waals surface area contributed by atoms with E-state index in [1.165, 1.54) is 5.01 Å². The average molecular weight is 357 g/mol. The van der Waals surface area contributed by atoms with Crippen LogP contribution < -0.4 is 5.32 Å². The van der Waals surface area contributed by atoms with E-state index in [-0.39, 0.29) is 54.0 Å². The number of nitrogens with one attached hydrogen (secondary N) is 1. The van der Waals surface area contributed by atoms with Crippen molar-refractivity contribution in [3.63, 3.8) is 0 Å². The first-order valence-corrected chi connectivity index (χ1v) is 10.2. The molecule has 0 aromatic rings. The fourth-order valence-corrected chi connectivity index (χ4v) is 5.06. The van der Waals surface area contributed by atoms with Gasteiger partial charge in [-0.1, -0.05) is 0 Å². The van der Waals surface area contributed by atoms with E-state index in [9.17, 15) is 18.0 Å². The fraction of sp³-hybridized carbons (Fsp3) is 0.800. The van der Waals surface area contributed by atoms with Gasteiger partial charge in [-0.25, -0.2) is 13.4 Å². The van der Waals surface area contributed by atoms with Crippen LogP contribution in [0.5, 0.6) is 0 Å². The Kier molecular flexibility index (Phi) is 4.91. The summed E-state index contributed by atoms with van der Waals surface area (Å²) < 4.78 is 28.8. The number of hydrogen-bond donors (Lipinski definition) is 1. The molecular weight excluding hydrogens is 334 g/mol. The summed E-state index contributed by atoms with van der Waals surface area (Å²) in [5.41, 5.74) is 0.281. The maximum atomic E-state index is 12.4. The molecule has 8 nitrogen and oxygen atoms in total. The molecule has 3 heterocycles. The highest BCUT2D eigenvalue weighted by Gasteiger charge is 2.37. The molecule has 0 spiro atoms. The minimum atomic E-state index is -3.12. The number of sulfone groups is 1.